The lowest BCUT2D eigenvalue weighted by Crippen LogP contribution is -2.75. The van der Waals surface area contributed by atoms with Crippen LogP contribution in [-0.2, 0) is 22.7 Å². The molecule has 43 heavy (non-hydrogen) atoms. The molecule has 2 atom stereocenters. The highest BCUT2D eigenvalue weighted by atomic mass is 35.5. The third-order valence-corrected chi connectivity index (χ3v) is 8.98. The van der Waals surface area contributed by atoms with E-state index in [0.29, 0.717) is 44.8 Å². The molecule has 0 bridgehead atoms. The highest BCUT2D eigenvalue weighted by Crippen LogP contribution is 2.36. The molecule has 1 aliphatic carbocycles. The predicted molar refractivity (Wildman–Crippen MR) is 165 cm³/mol. The van der Waals surface area contributed by atoms with Gasteiger partial charge in [0.2, 0.25) is 11.8 Å². The van der Waals surface area contributed by atoms with Crippen molar-refractivity contribution in [3.8, 4) is 5.75 Å². The SMILES string of the molecule is CCCCN1C(=O)[C@@H]([C@H](O)C2CC=CC2)NC(=O)C12CCN(Cc1ccc(COc3ccc(C(=O)O)cc3)cc1)CC2.Cl. The minimum Gasteiger partial charge on any atom is -0.489 e. The number of hydrogen-bond donors (Lipinski definition) is 3. The van der Waals surface area contributed by atoms with Gasteiger partial charge >= 0.3 is 5.97 Å². The Labute approximate surface area is 259 Å². The van der Waals surface area contributed by atoms with Gasteiger partial charge in [-0.15, -0.1) is 12.4 Å². The van der Waals surface area contributed by atoms with Crippen LogP contribution in [0, 0.1) is 5.92 Å². The second-order valence-electron chi connectivity index (χ2n) is 11.7. The van der Waals surface area contributed by atoms with Gasteiger partial charge in [0.1, 0.15) is 23.9 Å². The molecule has 0 unspecified atom stereocenters. The molecule has 2 aliphatic heterocycles. The summed E-state index contributed by atoms with van der Waals surface area (Å²) in [4.78, 5) is 42.5. The molecule has 1 spiro atoms. The molecule has 9 nitrogen and oxygen atoms in total. The number of carboxylic acids is 1. The predicted octanol–water partition coefficient (Wildman–Crippen LogP) is 4.17. The Morgan fingerprint density at radius 2 is 1.65 bits per heavy atom. The number of nitrogens with one attached hydrogen (secondary N) is 1. The van der Waals surface area contributed by atoms with Gasteiger partial charge in [0, 0.05) is 26.2 Å². The number of aromatic carboxylic acids is 1. The molecule has 3 N–H and O–H groups in total. The van der Waals surface area contributed by atoms with E-state index in [-0.39, 0.29) is 35.7 Å². The van der Waals surface area contributed by atoms with Crippen LogP contribution in [0.3, 0.4) is 0 Å². The van der Waals surface area contributed by atoms with E-state index in [0.717, 1.165) is 43.4 Å². The van der Waals surface area contributed by atoms with Crippen molar-refractivity contribution in [1.82, 2.24) is 15.1 Å². The van der Waals surface area contributed by atoms with Gasteiger partial charge in [0.05, 0.1) is 11.7 Å². The Kier molecular flexibility index (Phi) is 10.9. The number of piperidine rings is 1. The second-order valence-corrected chi connectivity index (χ2v) is 11.7. The summed E-state index contributed by atoms with van der Waals surface area (Å²) in [5.74, 6) is -0.667. The van der Waals surface area contributed by atoms with Gasteiger partial charge in [-0.05, 0) is 73.4 Å². The largest absolute Gasteiger partial charge is 0.489 e. The van der Waals surface area contributed by atoms with Crippen molar-refractivity contribution in [2.24, 2.45) is 5.92 Å². The number of benzene rings is 2. The zero-order valence-electron chi connectivity index (χ0n) is 24.6. The minimum absolute atomic E-state index is 0. The van der Waals surface area contributed by atoms with Crippen LogP contribution in [0.5, 0.6) is 5.75 Å². The van der Waals surface area contributed by atoms with Crippen molar-refractivity contribution >= 4 is 30.2 Å². The highest BCUT2D eigenvalue weighted by molar-refractivity contribution is 6.00. The minimum atomic E-state index is -0.966. The number of rotatable bonds is 11. The lowest BCUT2D eigenvalue weighted by molar-refractivity contribution is -0.165. The topological polar surface area (TPSA) is 119 Å². The van der Waals surface area contributed by atoms with E-state index in [2.05, 4.69) is 29.3 Å². The first-order valence-electron chi connectivity index (χ1n) is 15.0. The number of unbranched alkanes of at least 4 members (excludes halogenated alkanes) is 1. The Morgan fingerprint density at radius 1 is 1.02 bits per heavy atom. The number of aliphatic hydroxyl groups excluding tert-OH is 1. The fourth-order valence-corrected chi connectivity index (χ4v) is 6.34. The molecule has 0 saturated carbocycles. The van der Waals surface area contributed by atoms with Gasteiger partial charge in [-0.2, -0.15) is 0 Å². The number of amides is 2. The lowest BCUT2D eigenvalue weighted by atomic mass is 9.79. The molecular formula is C33H42ClN3O6. The Bertz CT molecular complexity index is 1280. The van der Waals surface area contributed by atoms with Gasteiger partial charge in [0.25, 0.3) is 0 Å². The average molecular weight is 612 g/mol. The molecule has 2 aromatic carbocycles. The average Bonchev–Trinajstić information content (AvgIpc) is 3.55. The zero-order chi connectivity index (χ0) is 29.7. The van der Waals surface area contributed by atoms with Crippen molar-refractivity contribution in [2.75, 3.05) is 19.6 Å². The summed E-state index contributed by atoms with van der Waals surface area (Å²) >= 11 is 0. The van der Waals surface area contributed by atoms with Crippen LogP contribution in [-0.4, -0.2) is 75.1 Å². The first-order valence-corrected chi connectivity index (χ1v) is 15.0. The van der Waals surface area contributed by atoms with E-state index in [1.54, 1.807) is 17.0 Å². The number of hydrogen-bond acceptors (Lipinski definition) is 6. The number of aliphatic hydroxyl groups is 1. The van der Waals surface area contributed by atoms with Crippen LogP contribution in [0.1, 0.15) is 66.9 Å². The molecule has 232 valence electrons. The molecule has 2 amide bonds. The van der Waals surface area contributed by atoms with Gasteiger partial charge in [0.15, 0.2) is 0 Å². The second kappa shape index (κ2) is 14.4. The monoisotopic (exact) mass is 611 g/mol. The number of carboxylic acid groups (broad SMARTS) is 1. The van der Waals surface area contributed by atoms with E-state index in [9.17, 15) is 19.5 Å². The van der Waals surface area contributed by atoms with Crippen LogP contribution < -0.4 is 10.1 Å². The maximum absolute atomic E-state index is 13.7. The number of carbonyl (C=O) groups excluding carboxylic acids is 2. The Hall–Kier alpha value is -3.40. The number of likely N-dealkylation sites (tertiary alicyclic amines) is 1. The van der Waals surface area contributed by atoms with E-state index in [4.69, 9.17) is 9.84 Å². The summed E-state index contributed by atoms with van der Waals surface area (Å²) < 4.78 is 5.80. The fraction of sp³-hybridized carbons (Fsp3) is 0.485. The van der Waals surface area contributed by atoms with Crippen LogP contribution in [0.2, 0.25) is 0 Å². The molecule has 2 fully saturated rings. The molecule has 5 rings (SSSR count). The van der Waals surface area contributed by atoms with Crippen molar-refractivity contribution in [1.29, 1.82) is 0 Å². The maximum Gasteiger partial charge on any atom is 0.335 e. The molecule has 2 saturated heterocycles. The van der Waals surface area contributed by atoms with Crippen LogP contribution in [0.4, 0.5) is 0 Å². The molecule has 2 aromatic rings. The molecule has 3 aliphatic rings. The van der Waals surface area contributed by atoms with Crippen LogP contribution in [0.25, 0.3) is 0 Å². The van der Waals surface area contributed by atoms with Crippen LogP contribution >= 0.6 is 12.4 Å². The molecule has 10 heteroatoms. The summed E-state index contributed by atoms with van der Waals surface area (Å²) in [6.45, 7) is 5.12. The third kappa shape index (κ3) is 7.22. The van der Waals surface area contributed by atoms with Crippen molar-refractivity contribution in [3.05, 3.63) is 77.4 Å². The summed E-state index contributed by atoms with van der Waals surface area (Å²) in [5, 5.41) is 23.0. The number of carbonyl (C=O) groups is 3. The first-order chi connectivity index (χ1) is 20.3. The molecule has 0 aromatic heterocycles. The van der Waals surface area contributed by atoms with E-state index in [1.807, 2.05) is 24.3 Å². The van der Waals surface area contributed by atoms with Gasteiger partial charge < -0.3 is 25.2 Å². The number of allylic oxidation sites excluding steroid dienone is 2. The molecule has 2 heterocycles. The maximum atomic E-state index is 13.7. The van der Waals surface area contributed by atoms with Gasteiger partial charge in [-0.25, -0.2) is 4.79 Å². The van der Waals surface area contributed by atoms with Crippen molar-refractivity contribution in [2.45, 2.75) is 76.3 Å². The summed E-state index contributed by atoms with van der Waals surface area (Å²) in [6, 6.07) is 13.7. The van der Waals surface area contributed by atoms with Gasteiger partial charge in [-0.3, -0.25) is 14.5 Å². The Morgan fingerprint density at radius 3 is 2.26 bits per heavy atom. The number of ether oxygens (including phenoxy) is 1. The Balaban J connectivity index is 0.00000423. The lowest BCUT2D eigenvalue weighted by Gasteiger charge is -2.52. The number of nitrogens with zero attached hydrogens (tertiary/aromatic N) is 2. The smallest absolute Gasteiger partial charge is 0.335 e. The van der Waals surface area contributed by atoms with Gasteiger partial charge in [-0.1, -0.05) is 49.8 Å². The van der Waals surface area contributed by atoms with E-state index < -0.39 is 23.7 Å². The number of halogens is 1. The van der Waals surface area contributed by atoms with E-state index >= 15 is 0 Å². The highest BCUT2D eigenvalue weighted by Gasteiger charge is 2.55. The quantitative estimate of drug-likeness (QED) is 0.326. The summed E-state index contributed by atoms with van der Waals surface area (Å²) in [5.41, 5.74) is 1.52. The van der Waals surface area contributed by atoms with Crippen molar-refractivity contribution in [3.63, 3.8) is 0 Å². The molecular weight excluding hydrogens is 570 g/mol. The summed E-state index contributed by atoms with van der Waals surface area (Å²) in [6.07, 6.45) is 7.50. The fourth-order valence-electron chi connectivity index (χ4n) is 6.34. The zero-order valence-corrected chi connectivity index (χ0v) is 25.4. The normalized spacial score (nSPS) is 21.0. The number of piperazine rings is 1. The van der Waals surface area contributed by atoms with Crippen LogP contribution in [0.15, 0.2) is 60.7 Å². The van der Waals surface area contributed by atoms with E-state index in [1.165, 1.54) is 12.1 Å². The van der Waals surface area contributed by atoms with Crippen molar-refractivity contribution < 1.29 is 29.3 Å². The first kappa shape index (κ1) is 32.5. The third-order valence-electron chi connectivity index (χ3n) is 8.98. The molecule has 0 radical (unpaired) electrons. The standard InChI is InChI=1S/C33H41N3O6.ClH/c1-2-3-18-36-30(38)28(29(37)25-6-4-5-7-25)34-32(41)33(36)16-19-35(20-17-33)21-23-8-10-24(11-9-23)22-42-27-14-12-26(13-15-27)31(39)40;/h4-5,8-15,25,28-29,37H,2-3,6-7,16-22H2,1H3,(H,34,41)(H,39,40);1H/t28-,29-;/m1./s1. The summed E-state index contributed by atoms with van der Waals surface area (Å²) in [7, 11) is 0.